The third kappa shape index (κ3) is 5.26. The molecule has 0 radical (unpaired) electrons. The largest absolute Gasteiger partial charge is 0.504 e. The molecule has 1 amide bonds. The van der Waals surface area contributed by atoms with E-state index >= 15 is 0 Å². The molecule has 0 fully saturated rings. The zero-order valence-corrected chi connectivity index (χ0v) is 20.5. The SMILES string of the molecule is COc1cc(N(CC2NCCc3cc(O)c(O)cc32)C(=O)OCc2ccccc2)cc(OC)c1OC. The summed E-state index contributed by atoms with van der Waals surface area (Å²) in [7, 11) is 4.53. The number of hydrogen-bond acceptors (Lipinski definition) is 8. The van der Waals surface area contributed by atoms with Gasteiger partial charge in [0.15, 0.2) is 23.0 Å². The molecule has 1 heterocycles. The number of carbonyl (C=O) groups excluding carboxylic acids is 1. The number of nitrogens with zero attached hydrogens (tertiary/aromatic N) is 1. The van der Waals surface area contributed by atoms with E-state index in [0.29, 0.717) is 35.9 Å². The molecule has 0 aliphatic carbocycles. The fourth-order valence-corrected chi connectivity index (χ4v) is 4.32. The molecule has 3 aromatic rings. The topological polar surface area (TPSA) is 110 Å². The van der Waals surface area contributed by atoms with Gasteiger partial charge in [0, 0.05) is 18.7 Å². The first-order chi connectivity index (χ1) is 17.4. The number of phenols is 2. The summed E-state index contributed by atoms with van der Waals surface area (Å²) in [5, 5.41) is 23.5. The van der Waals surface area contributed by atoms with Crippen LogP contribution in [-0.4, -0.2) is 50.7 Å². The first kappa shape index (κ1) is 25.0. The number of anilines is 1. The molecule has 9 heteroatoms. The van der Waals surface area contributed by atoms with Crippen molar-refractivity contribution in [1.29, 1.82) is 0 Å². The Balaban J connectivity index is 1.70. The molecule has 36 heavy (non-hydrogen) atoms. The van der Waals surface area contributed by atoms with Crippen molar-refractivity contribution in [2.75, 3.05) is 39.3 Å². The minimum Gasteiger partial charge on any atom is -0.504 e. The second-order valence-electron chi connectivity index (χ2n) is 8.33. The molecular formula is C27H30N2O7. The summed E-state index contributed by atoms with van der Waals surface area (Å²) in [6.45, 7) is 0.928. The number of carbonyl (C=O) groups is 1. The molecule has 0 spiro atoms. The second-order valence-corrected chi connectivity index (χ2v) is 8.33. The van der Waals surface area contributed by atoms with Crippen molar-refractivity contribution >= 4 is 11.8 Å². The van der Waals surface area contributed by atoms with Gasteiger partial charge in [-0.1, -0.05) is 30.3 Å². The molecule has 3 aromatic carbocycles. The summed E-state index contributed by atoms with van der Waals surface area (Å²) in [5.74, 6) is 0.814. The van der Waals surface area contributed by atoms with Crippen LogP contribution >= 0.6 is 0 Å². The second kappa shape index (κ2) is 11.1. The summed E-state index contributed by atoms with van der Waals surface area (Å²) in [5.41, 5.74) is 3.04. The van der Waals surface area contributed by atoms with Gasteiger partial charge in [0.25, 0.3) is 0 Å². The van der Waals surface area contributed by atoms with Crippen LogP contribution in [0.15, 0.2) is 54.6 Å². The van der Waals surface area contributed by atoms with Crippen LogP contribution in [0.3, 0.4) is 0 Å². The van der Waals surface area contributed by atoms with Crippen molar-refractivity contribution in [3.05, 3.63) is 71.3 Å². The zero-order chi connectivity index (χ0) is 25.7. The van der Waals surface area contributed by atoms with Gasteiger partial charge in [0.1, 0.15) is 6.61 Å². The van der Waals surface area contributed by atoms with Gasteiger partial charge in [-0.2, -0.15) is 0 Å². The number of aromatic hydroxyl groups is 2. The zero-order valence-electron chi connectivity index (χ0n) is 20.5. The average molecular weight is 495 g/mol. The minimum atomic E-state index is -0.565. The third-order valence-electron chi connectivity index (χ3n) is 6.15. The Hall–Kier alpha value is -4.11. The minimum absolute atomic E-state index is 0.101. The molecule has 1 aliphatic heterocycles. The number of rotatable bonds is 8. The fourth-order valence-electron chi connectivity index (χ4n) is 4.32. The molecular weight excluding hydrogens is 464 g/mol. The number of amides is 1. The monoisotopic (exact) mass is 494 g/mol. The Morgan fingerprint density at radius 3 is 2.28 bits per heavy atom. The Bertz CT molecular complexity index is 1190. The first-order valence-corrected chi connectivity index (χ1v) is 11.5. The molecule has 190 valence electrons. The smallest absolute Gasteiger partial charge is 0.414 e. The summed E-state index contributed by atoms with van der Waals surface area (Å²) >= 11 is 0. The number of ether oxygens (including phenoxy) is 4. The lowest BCUT2D eigenvalue weighted by atomic mass is 9.93. The molecule has 0 saturated heterocycles. The lowest BCUT2D eigenvalue weighted by Gasteiger charge is -2.32. The Morgan fingerprint density at radius 2 is 1.64 bits per heavy atom. The lowest BCUT2D eigenvalue weighted by Crippen LogP contribution is -2.42. The van der Waals surface area contributed by atoms with Crippen LogP contribution in [0.1, 0.15) is 22.7 Å². The normalized spacial score (nSPS) is 14.5. The van der Waals surface area contributed by atoms with Crippen LogP contribution in [0.25, 0.3) is 0 Å². The van der Waals surface area contributed by atoms with E-state index in [1.165, 1.54) is 32.3 Å². The highest BCUT2D eigenvalue weighted by molar-refractivity contribution is 5.89. The number of hydrogen-bond donors (Lipinski definition) is 3. The van der Waals surface area contributed by atoms with Crippen molar-refractivity contribution in [3.8, 4) is 28.7 Å². The Labute approximate surface area is 209 Å². The summed E-state index contributed by atoms with van der Waals surface area (Å²) in [6.07, 6.45) is 0.118. The van der Waals surface area contributed by atoms with Crippen LogP contribution in [0.5, 0.6) is 28.7 Å². The molecule has 0 bridgehead atoms. The summed E-state index contributed by atoms with van der Waals surface area (Å²) in [4.78, 5) is 14.9. The molecule has 1 aliphatic rings. The third-order valence-corrected chi connectivity index (χ3v) is 6.15. The standard InChI is InChI=1S/C27H30N2O7/c1-33-24-12-19(13-25(34-2)26(24)35-3)29(27(32)36-16-17-7-5-4-6-8-17)15-21-20-14-23(31)22(30)11-18(20)9-10-28-21/h4-8,11-14,21,28,30-31H,9-10,15-16H2,1-3H3. The predicted molar refractivity (Wildman–Crippen MR) is 134 cm³/mol. The molecule has 1 atom stereocenters. The maximum atomic E-state index is 13.5. The van der Waals surface area contributed by atoms with Gasteiger partial charge in [0.2, 0.25) is 5.75 Å². The van der Waals surface area contributed by atoms with E-state index in [4.69, 9.17) is 18.9 Å². The van der Waals surface area contributed by atoms with Gasteiger partial charge in [-0.15, -0.1) is 0 Å². The number of benzene rings is 3. The van der Waals surface area contributed by atoms with Gasteiger partial charge in [-0.25, -0.2) is 4.79 Å². The maximum absolute atomic E-state index is 13.5. The van der Waals surface area contributed by atoms with Crippen LogP contribution in [0, 0.1) is 0 Å². The number of methoxy groups -OCH3 is 3. The molecule has 1 unspecified atom stereocenters. The van der Waals surface area contributed by atoms with Crippen molar-refractivity contribution in [2.24, 2.45) is 0 Å². The van der Waals surface area contributed by atoms with Crippen molar-refractivity contribution < 1.29 is 34.0 Å². The van der Waals surface area contributed by atoms with E-state index in [9.17, 15) is 15.0 Å². The van der Waals surface area contributed by atoms with E-state index in [2.05, 4.69) is 5.32 Å². The van der Waals surface area contributed by atoms with Crippen LogP contribution < -0.4 is 24.4 Å². The Morgan fingerprint density at radius 1 is 0.972 bits per heavy atom. The summed E-state index contributed by atoms with van der Waals surface area (Å²) in [6, 6.07) is 15.6. The average Bonchev–Trinajstić information content (AvgIpc) is 2.90. The highest BCUT2D eigenvalue weighted by atomic mass is 16.6. The van der Waals surface area contributed by atoms with Gasteiger partial charge >= 0.3 is 6.09 Å². The molecule has 0 saturated carbocycles. The molecule has 9 nitrogen and oxygen atoms in total. The summed E-state index contributed by atoms with van der Waals surface area (Å²) < 4.78 is 22.1. The maximum Gasteiger partial charge on any atom is 0.414 e. The Kier molecular flexibility index (Phi) is 7.70. The van der Waals surface area contributed by atoms with Crippen LogP contribution in [0.2, 0.25) is 0 Å². The first-order valence-electron chi connectivity index (χ1n) is 11.5. The van der Waals surface area contributed by atoms with E-state index in [1.54, 1.807) is 18.2 Å². The molecule has 0 aromatic heterocycles. The highest BCUT2D eigenvalue weighted by Gasteiger charge is 2.29. The van der Waals surface area contributed by atoms with E-state index in [0.717, 1.165) is 16.7 Å². The number of nitrogens with one attached hydrogen (secondary N) is 1. The van der Waals surface area contributed by atoms with Gasteiger partial charge in [-0.3, -0.25) is 4.90 Å². The predicted octanol–water partition coefficient (Wildman–Crippen LogP) is 4.15. The van der Waals surface area contributed by atoms with Crippen molar-refractivity contribution in [1.82, 2.24) is 5.32 Å². The van der Waals surface area contributed by atoms with Gasteiger partial charge < -0.3 is 34.5 Å². The van der Waals surface area contributed by atoms with E-state index in [-0.39, 0.29) is 30.7 Å². The van der Waals surface area contributed by atoms with Crippen molar-refractivity contribution in [3.63, 3.8) is 0 Å². The highest BCUT2D eigenvalue weighted by Crippen LogP contribution is 2.42. The fraction of sp³-hybridized carbons (Fsp3) is 0.296. The lowest BCUT2D eigenvalue weighted by molar-refractivity contribution is 0.146. The number of fused-ring (bicyclic) bond motifs is 1. The van der Waals surface area contributed by atoms with Crippen LogP contribution in [-0.2, 0) is 17.8 Å². The number of phenolic OH excluding ortho intramolecular Hbond substituents is 2. The van der Waals surface area contributed by atoms with E-state index in [1.807, 2.05) is 30.3 Å². The van der Waals surface area contributed by atoms with Crippen LogP contribution in [0.4, 0.5) is 10.5 Å². The molecule has 3 N–H and O–H groups in total. The molecule has 4 rings (SSSR count). The van der Waals surface area contributed by atoms with Crippen molar-refractivity contribution in [2.45, 2.75) is 19.1 Å². The van der Waals surface area contributed by atoms with Gasteiger partial charge in [-0.05, 0) is 41.8 Å². The van der Waals surface area contributed by atoms with E-state index < -0.39 is 6.09 Å². The quantitative estimate of drug-likeness (QED) is 0.401. The van der Waals surface area contributed by atoms with Gasteiger partial charge in [0.05, 0.1) is 33.1 Å².